The van der Waals surface area contributed by atoms with Gasteiger partial charge in [0.25, 0.3) is 0 Å². The maximum absolute atomic E-state index is 12.5. The number of hydrogen-bond donors (Lipinski definition) is 0. The van der Waals surface area contributed by atoms with Gasteiger partial charge in [0.05, 0.1) is 12.1 Å². The topological polar surface area (TPSA) is 26.3 Å². The number of rotatable bonds is 3. The summed E-state index contributed by atoms with van der Waals surface area (Å²) >= 11 is 6.14. The summed E-state index contributed by atoms with van der Waals surface area (Å²) < 4.78 is 5.14. The zero-order chi connectivity index (χ0) is 14.0. The molecule has 0 heterocycles. The molecule has 0 unspecified atom stereocenters. The van der Waals surface area contributed by atoms with Crippen molar-refractivity contribution < 1.29 is 9.53 Å². The van der Waals surface area contributed by atoms with Gasteiger partial charge in [-0.3, -0.25) is 4.79 Å². The summed E-state index contributed by atoms with van der Waals surface area (Å²) in [5, 5.41) is 0.486. The number of methoxy groups -OCH3 is 1. The minimum absolute atomic E-state index is 0.0647. The SMILES string of the molecule is COc1ccc(C(=O)c2ccc(C)cc2Cl)c(C)c1. The number of ether oxygens (including phenoxy) is 1. The van der Waals surface area contributed by atoms with Crippen LogP contribution in [-0.4, -0.2) is 12.9 Å². The van der Waals surface area contributed by atoms with Crippen molar-refractivity contribution in [2.75, 3.05) is 7.11 Å². The van der Waals surface area contributed by atoms with Crippen LogP contribution in [0, 0.1) is 13.8 Å². The summed E-state index contributed by atoms with van der Waals surface area (Å²) in [7, 11) is 1.60. The number of benzene rings is 2. The Labute approximate surface area is 118 Å². The second-order valence-corrected chi connectivity index (χ2v) is 4.90. The predicted octanol–water partition coefficient (Wildman–Crippen LogP) is 4.20. The second kappa shape index (κ2) is 5.45. The van der Waals surface area contributed by atoms with E-state index < -0.39 is 0 Å². The quantitative estimate of drug-likeness (QED) is 0.784. The van der Waals surface area contributed by atoms with Crippen molar-refractivity contribution in [3.63, 3.8) is 0 Å². The maximum Gasteiger partial charge on any atom is 0.194 e. The number of ketones is 1. The Morgan fingerprint density at radius 2 is 1.74 bits per heavy atom. The van der Waals surface area contributed by atoms with E-state index in [0.29, 0.717) is 16.1 Å². The monoisotopic (exact) mass is 274 g/mol. The molecule has 2 rings (SSSR count). The molecule has 0 spiro atoms. The fraction of sp³-hybridized carbons (Fsp3) is 0.188. The molecule has 2 aromatic rings. The highest BCUT2D eigenvalue weighted by Gasteiger charge is 2.15. The highest BCUT2D eigenvalue weighted by molar-refractivity contribution is 6.35. The van der Waals surface area contributed by atoms with E-state index >= 15 is 0 Å². The van der Waals surface area contributed by atoms with Crippen molar-refractivity contribution in [1.82, 2.24) is 0 Å². The van der Waals surface area contributed by atoms with Gasteiger partial charge in [-0.2, -0.15) is 0 Å². The van der Waals surface area contributed by atoms with Gasteiger partial charge >= 0.3 is 0 Å². The first kappa shape index (κ1) is 13.6. The van der Waals surface area contributed by atoms with E-state index in [0.717, 1.165) is 16.9 Å². The molecule has 0 bridgehead atoms. The summed E-state index contributed by atoms with van der Waals surface area (Å²) in [5.41, 5.74) is 3.08. The van der Waals surface area contributed by atoms with E-state index in [9.17, 15) is 4.79 Å². The van der Waals surface area contributed by atoms with Gasteiger partial charge in [0, 0.05) is 11.1 Å². The Kier molecular flexibility index (Phi) is 3.91. The lowest BCUT2D eigenvalue weighted by molar-refractivity contribution is 0.103. The first-order valence-electron chi connectivity index (χ1n) is 5.98. The zero-order valence-corrected chi connectivity index (χ0v) is 11.9. The highest BCUT2D eigenvalue weighted by atomic mass is 35.5. The van der Waals surface area contributed by atoms with E-state index in [1.165, 1.54) is 0 Å². The van der Waals surface area contributed by atoms with Gasteiger partial charge in [0.15, 0.2) is 5.78 Å². The Bertz CT molecular complexity index is 633. The summed E-state index contributed by atoms with van der Waals surface area (Å²) in [6, 6.07) is 10.8. The predicted molar refractivity (Wildman–Crippen MR) is 77.4 cm³/mol. The lowest BCUT2D eigenvalue weighted by Gasteiger charge is -2.09. The van der Waals surface area contributed by atoms with Crippen LogP contribution in [0.1, 0.15) is 27.0 Å². The van der Waals surface area contributed by atoms with Crippen LogP contribution < -0.4 is 4.74 Å². The average molecular weight is 275 g/mol. The van der Waals surface area contributed by atoms with Crippen molar-refractivity contribution in [3.8, 4) is 5.75 Å². The lowest BCUT2D eigenvalue weighted by Crippen LogP contribution is -2.05. The minimum atomic E-state index is -0.0647. The van der Waals surface area contributed by atoms with Gasteiger partial charge in [0.1, 0.15) is 5.75 Å². The molecule has 0 N–H and O–H groups in total. The van der Waals surface area contributed by atoms with Crippen molar-refractivity contribution in [1.29, 1.82) is 0 Å². The molecule has 0 aliphatic rings. The molecule has 0 aliphatic carbocycles. The molecule has 2 aromatic carbocycles. The fourth-order valence-corrected chi connectivity index (χ4v) is 2.29. The summed E-state index contributed by atoms with van der Waals surface area (Å²) in [5.74, 6) is 0.675. The third-order valence-corrected chi connectivity index (χ3v) is 3.36. The number of hydrogen-bond acceptors (Lipinski definition) is 2. The van der Waals surface area contributed by atoms with Gasteiger partial charge in [-0.1, -0.05) is 17.7 Å². The zero-order valence-electron chi connectivity index (χ0n) is 11.2. The molecule has 0 fully saturated rings. The highest BCUT2D eigenvalue weighted by Crippen LogP contribution is 2.24. The average Bonchev–Trinajstić information content (AvgIpc) is 2.37. The number of halogens is 1. The van der Waals surface area contributed by atoms with E-state index in [1.807, 2.05) is 26.0 Å². The molecule has 0 saturated heterocycles. The van der Waals surface area contributed by atoms with Crippen LogP contribution in [0.15, 0.2) is 36.4 Å². The third kappa shape index (κ3) is 2.79. The molecule has 0 saturated carbocycles. The van der Waals surface area contributed by atoms with Gasteiger partial charge in [-0.15, -0.1) is 0 Å². The van der Waals surface area contributed by atoms with Gasteiger partial charge in [0.2, 0.25) is 0 Å². The van der Waals surface area contributed by atoms with Crippen LogP contribution in [0.4, 0.5) is 0 Å². The number of aryl methyl sites for hydroxylation is 2. The maximum atomic E-state index is 12.5. The molecule has 0 aromatic heterocycles. The van der Waals surface area contributed by atoms with E-state index in [2.05, 4.69) is 0 Å². The number of carbonyl (C=O) groups excluding carboxylic acids is 1. The van der Waals surface area contributed by atoms with Gasteiger partial charge < -0.3 is 4.74 Å². The van der Waals surface area contributed by atoms with E-state index in [4.69, 9.17) is 16.3 Å². The Hall–Kier alpha value is -1.80. The molecule has 19 heavy (non-hydrogen) atoms. The van der Waals surface area contributed by atoms with Crippen molar-refractivity contribution in [3.05, 3.63) is 63.7 Å². The normalized spacial score (nSPS) is 10.3. The lowest BCUT2D eigenvalue weighted by atomic mass is 9.98. The van der Waals surface area contributed by atoms with Crippen LogP contribution >= 0.6 is 11.6 Å². The Balaban J connectivity index is 2.44. The molecular weight excluding hydrogens is 260 g/mol. The van der Waals surface area contributed by atoms with Crippen LogP contribution in [0.3, 0.4) is 0 Å². The first-order chi connectivity index (χ1) is 9.02. The molecule has 0 amide bonds. The molecule has 0 radical (unpaired) electrons. The van der Waals surface area contributed by atoms with Crippen LogP contribution in [0.25, 0.3) is 0 Å². The molecule has 3 heteroatoms. The molecule has 0 atom stereocenters. The molecule has 0 aliphatic heterocycles. The summed E-state index contributed by atoms with van der Waals surface area (Å²) in [6.45, 7) is 3.83. The third-order valence-electron chi connectivity index (χ3n) is 3.05. The molecular formula is C16H15ClO2. The fourth-order valence-electron chi connectivity index (χ4n) is 1.97. The largest absolute Gasteiger partial charge is 0.497 e. The summed E-state index contributed by atoms with van der Waals surface area (Å²) in [6.07, 6.45) is 0. The molecule has 2 nitrogen and oxygen atoms in total. The smallest absolute Gasteiger partial charge is 0.194 e. The van der Waals surface area contributed by atoms with Crippen molar-refractivity contribution in [2.45, 2.75) is 13.8 Å². The van der Waals surface area contributed by atoms with Gasteiger partial charge in [-0.05, 0) is 55.3 Å². The second-order valence-electron chi connectivity index (χ2n) is 4.49. The van der Waals surface area contributed by atoms with E-state index in [-0.39, 0.29) is 5.78 Å². The minimum Gasteiger partial charge on any atom is -0.497 e. The van der Waals surface area contributed by atoms with Gasteiger partial charge in [-0.25, -0.2) is 0 Å². The van der Waals surface area contributed by atoms with Crippen LogP contribution in [0.5, 0.6) is 5.75 Å². The Morgan fingerprint density at radius 3 is 2.32 bits per heavy atom. The molecule has 98 valence electrons. The van der Waals surface area contributed by atoms with Crippen molar-refractivity contribution in [2.24, 2.45) is 0 Å². The van der Waals surface area contributed by atoms with Crippen LogP contribution in [0.2, 0.25) is 5.02 Å². The van der Waals surface area contributed by atoms with Crippen LogP contribution in [-0.2, 0) is 0 Å². The van der Waals surface area contributed by atoms with E-state index in [1.54, 1.807) is 31.4 Å². The number of carbonyl (C=O) groups is 1. The summed E-state index contributed by atoms with van der Waals surface area (Å²) in [4.78, 5) is 12.5. The standard InChI is InChI=1S/C16H15ClO2/c1-10-4-6-14(15(17)8-10)16(18)13-7-5-12(19-3)9-11(13)2/h4-9H,1-3H3. The Morgan fingerprint density at radius 1 is 1.05 bits per heavy atom. The van der Waals surface area contributed by atoms with Crippen molar-refractivity contribution >= 4 is 17.4 Å². The first-order valence-corrected chi connectivity index (χ1v) is 6.36.